The first-order chi connectivity index (χ1) is 11.0. The largest absolute Gasteiger partial charge is 0.349 e. The van der Waals surface area contributed by atoms with Gasteiger partial charge < -0.3 is 11.1 Å². The number of hydrogen-bond donors (Lipinski definition) is 2. The summed E-state index contributed by atoms with van der Waals surface area (Å²) in [6, 6.07) is 11.5. The molecule has 1 amide bonds. The SMILES string of the molecule is CCC(NC(=O)CC(N)c1ccccc1)c1cc(F)ccc1F.Cl. The maximum absolute atomic E-state index is 13.8. The number of halogens is 3. The second-order valence-electron chi connectivity index (χ2n) is 5.42. The highest BCUT2D eigenvalue weighted by atomic mass is 35.5. The standard InChI is InChI=1S/C18H20F2N2O.ClH/c1-2-17(14-10-13(19)8-9-15(14)20)22-18(23)11-16(21)12-6-4-3-5-7-12;/h3-10,16-17H,2,11,21H2,1H3,(H,22,23);1H. The molecule has 0 aromatic heterocycles. The predicted octanol–water partition coefficient (Wildman–Crippen LogP) is 4.04. The highest BCUT2D eigenvalue weighted by Crippen LogP contribution is 2.22. The van der Waals surface area contributed by atoms with E-state index in [1.165, 1.54) is 0 Å². The molecule has 0 aliphatic heterocycles. The fourth-order valence-electron chi connectivity index (χ4n) is 2.45. The van der Waals surface area contributed by atoms with Crippen molar-refractivity contribution in [3.8, 4) is 0 Å². The molecule has 6 heteroatoms. The van der Waals surface area contributed by atoms with Crippen LogP contribution in [0, 0.1) is 11.6 Å². The van der Waals surface area contributed by atoms with Gasteiger partial charge in [-0.1, -0.05) is 37.3 Å². The van der Waals surface area contributed by atoms with Crippen molar-refractivity contribution in [2.75, 3.05) is 0 Å². The van der Waals surface area contributed by atoms with Crippen molar-refractivity contribution in [2.24, 2.45) is 5.73 Å². The Hall–Kier alpha value is -1.98. The van der Waals surface area contributed by atoms with Crippen LogP contribution < -0.4 is 11.1 Å². The molecule has 2 aromatic rings. The number of amides is 1. The van der Waals surface area contributed by atoms with Crippen LogP contribution >= 0.6 is 12.4 Å². The van der Waals surface area contributed by atoms with Gasteiger partial charge in [-0.3, -0.25) is 4.79 Å². The van der Waals surface area contributed by atoms with Gasteiger partial charge in [-0.15, -0.1) is 12.4 Å². The van der Waals surface area contributed by atoms with E-state index in [9.17, 15) is 13.6 Å². The first kappa shape index (κ1) is 20.1. The van der Waals surface area contributed by atoms with Crippen LogP contribution in [-0.4, -0.2) is 5.91 Å². The van der Waals surface area contributed by atoms with Crippen LogP contribution in [0.4, 0.5) is 8.78 Å². The van der Waals surface area contributed by atoms with E-state index in [0.29, 0.717) is 6.42 Å². The molecule has 0 fully saturated rings. The minimum atomic E-state index is -0.582. The maximum atomic E-state index is 13.8. The number of benzene rings is 2. The zero-order valence-electron chi connectivity index (χ0n) is 13.3. The minimum absolute atomic E-state index is 0. The first-order valence-corrected chi connectivity index (χ1v) is 7.56. The van der Waals surface area contributed by atoms with Gasteiger partial charge in [0.25, 0.3) is 0 Å². The fraction of sp³-hybridized carbons (Fsp3) is 0.278. The summed E-state index contributed by atoms with van der Waals surface area (Å²) in [5, 5.41) is 2.73. The van der Waals surface area contributed by atoms with Gasteiger partial charge in [-0.2, -0.15) is 0 Å². The van der Waals surface area contributed by atoms with Gasteiger partial charge in [-0.25, -0.2) is 8.78 Å². The molecule has 2 rings (SSSR count). The first-order valence-electron chi connectivity index (χ1n) is 7.56. The van der Waals surface area contributed by atoms with Gasteiger partial charge in [0.1, 0.15) is 11.6 Å². The molecular formula is C18H21ClF2N2O. The normalized spacial score (nSPS) is 12.8. The van der Waals surface area contributed by atoms with Crippen molar-refractivity contribution in [1.29, 1.82) is 0 Å². The maximum Gasteiger partial charge on any atom is 0.222 e. The molecule has 0 bridgehead atoms. The Kier molecular flexibility index (Phi) is 7.82. The molecule has 3 nitrogen and oxygen atoms in total. The van der Waals surface area contributed by atoms with Gasteiger partial charge in [0.2, 0.25) is 5.91 Å². The molecule has 2 aromatic carbocycles. The van der Waals surface area contributed by atoms with E-state index in [1.54, 1.807) is 6.92 Å². The molecule has 0 radical (unpaired) electrons. The smallest absolute Gasteiger partial charge is 0.222 e. The van der Waals surface area contributed by atoms with Crippen molar-refractivity contribution < 1.29 is 13.6 Å². The second kappa shape index (κ2) is 9.35. The van der Waals surface area contributed by atoms with E-state index in [0.717, 1.165) is 23.8 Å². The van der Waals surface area contributed by atoms with Crippen molar-refractivity contribution in [1.82, 2.24) is 5.32 Å². The Morgan fingerprint density at radius 1 is 1.17 bits per heavy atom. The number of nitrogens with one attached hydrogen (secondary N) is 1. The molecule has 24 heavy (non-hydrogen) atoms. The zero-order valence-corrected chi connectivity index (χ0v) is 14.2. The molecule has 0 saturated carbocycles. The van der Waals surface area contributed by atoms with E-state index in [1.807, 2.05) is 30.3 Å². The quantitative estimate of drug-likeness (QED) is 0.822. The monoisotopic (exact) mass is 354 g/mol. The van der Waals surface area contributed by atoms with Gasteiger partial charge in [0.15, 0.2) is 0 Å². The summed E-state index contributed by atoms with van der Waals surface area (Å²) in [7, 11) is 0. The highest BCUT2D eigenvalue weighted by molar-refractivity contribution is 5.85. The third kappa shape index (κ3) is 5.28. The summed E-state index contributed by atoms with van der Waals surface area (Å²) in [6.07, 6.45) is 0.532. The number of hydrogen-bond acceptors (Lipinski definition) is 2. The van der Waals surface area contributed by atoms with Crippen molar-refractivity contribution in [3.63, 3.8) is 0 Å². The van der Waals surface area contributed by atoms with E-state index >= 15 is 0 Å². The van der Waals surface area contributed by atoms with Gasteiger partial charge in [0, 0.05) is 18.0 Å². The average Bonchev–Trinajstić information content (AvgIpc) is 2.55. The Labute approximate surface area is 146 Å². The lowest BCUT2D eigenvalue weighted by Crippen LogP contribution is -2.31. The molecule has 0 aliphatic rings. The van der Waals surface area contributed by atoms with Crippen molar-refractivity contribution in [2.45, 2.75) is 31.8 Å². The Bertz CT molecular complexity index is 667. The van der Waals surface area contributed by atoms with Crippen LogP contribution in [-0.2, 0) is 4.79 Å². The molecule has 0 heterocycles. The molecular weight excluding hydrogens is 334 g/mol. The summed E-state index contributed by atoms with van der Waals surface area (Å²) >= 11 is 0. The summed E-state index contributed by atoms with van der Waals surface area (Å²) in [5.41, 5.74) is 7.01. The molecule has 130 valence electrons. The summed E-state index contributed by atoms with van der Waals surface area (Å²) in [6.45, 7) is 1.80. The number of carbonyl (C=O) groups is 1. The molecule has 2 unspecified atom stereocenters. The van der Waals surface area contributed by atoms with Gasteiger partial charge in [-0.05, 0) is 30.2 Å². The number of rotatable bonds is 6. The van der Waals surface area contributed by atoms with Crippen LogP contribution in [0.3, 0.4) is 0 Å². The van der Waals surface area contributed by atoms with E-state index < -0.39 is 23.7 Å². The van der Waals surface area contributed by atoms with E-state index in [2.05, 4.69) is 5.32 Å². The van der Waals surface area contributed by atoms with Crippen molar-refractivity contribution >= 4 is 18.3 Å². The molecule has 0 aliphatic carbocycles. The Morgan fingerprint density at radius 3 is 2.46 bits per heavy atom. The Balaban J connectivity index is 0.00000288. The molecule has 0 spiro atoms. The van der Waals surface area contributed by atoms with E-state index in [4.69, 9.17) is 5.73 Å². The average molecular weight is 355 g/mol. The van der Waals surface area contributed by atoms with Crippen LogP contribution in [0.2, 0.25) is 0 Å². The summed E-state index contributed by atoms with van der Waals surface area (Å²) in [4.78, 5) is 12.2. The highest BCUT2D eigenvalue weighted by Gasteiger charge is 2.19. The zero-order chi connectivity index (χ0) is 16.8. The summed E-state index contributed by atoms with van der Waals surface area (Å²) in [5.74, 6) is -1.36. The fourth-order valence-corrected chi connectivity index (χ4v) is 2.45. The van der Waals surface area contributed by atoms with Gasteiger partial charge >= 0.3 is 0 Å². The lowest BCUT2D eigenvalue weighted by atomic mass is 10.0. The predicted molar refractivity (Wildman–Crippen MR) is 92.8 cm³/mol. The second-order valence-corrected chi connectivity index (χ2v) is 5.42. The summed E-state index contributed by atoms with van der Waals surface area (Å²) < 4.78 is 27.2. The topological polar surface area (TPSA) is 55.1 Å². The number of nitrogens with two attached hydrogens (primary N) is 1. The third-order valence-corrected chi connectivity index (χ3v) is 3.71. The lowest BCUT2D eigenvalue weighted by molar-refractivity contribution is -0.122. The molecule has 0 saturated heterocycles. The van der Waals surface area contributed by atoms with Crippen LogP contribution in [0.25, 0.3) is 0 Å². The van der Waals surface area contributed by atoms with Crippen LogP contribution in [0.15, 0.2) is 48.5 Å². The molecule has 3 N–H and O–H groups in total. The lowest BCUT2D eigenvalue weighted by Gasteiger charge is -2.20. The van der Waals surface area contributed by atoms with E-state index in [-0.39, 0.29) is 30.3 Å². The number of carbonyl (C=O) groups excluding carboxylic acids is 1. The van der Waals surface area contributed by atoms with Crippen LogP contribution in [0.5, 0.6) is 0 Å². The Morgan fingerprint density at radius 2 is 1.83 bits per heavy atom. The van der Waals surface area contributed by atoms with Gasteiger partial charge in [0.05, 0.1) is 6.04 Å². The minimum Gasteiger partial charge on any atom is -0.349 e. The van der Waals surface area contributed by atoms with Crippen molar-refractivity contribution in [3.05, 3.63) is 71.3 Å². The third-order valence-electron chi connectivity index (χ3n) is 3.71. The van der Waals surface area contributed by atoms with Crippen LogP contribution in [0.1, 0.15) is 43.0 Å². The molecule has 2 atom stereocenters.